The Morgan fingerprint density at radius 2 is 2.06 bits per heavy atom. The van der Waals surface area contributed by atoms with E-state index in [1.165, 1.54) is 31.4 Å². The third-order valence-electron chi connectivity index (χ3n) is 3.90. The van der Waals surface area contributed by atoms with Crippen molar-refractivity contribution in [2.75, 3.05) is 25.0 Å². The molecule has 2 N–H and O–H groups in total. The Kier molecular flexibility index (Phi) is 4.90. The summed E-state index contributed by atoms with van der Waals surface area (Å²) in [4.78, 5) is 2.33. The summed E-state index contributed by atoms with van der Waals surface area (Å²) >= 11 is 6.29. The first-order valence-corrected chi connectivity index (χ1v) is 7.28. The summed E-state index contributed by atoms with van der Waals surface area (Å²) in [6.07, 6.45) is 6.40. The first-order valence-electron chi connectivity index (χ1n) is 6.90. The summed E-state index contributed by atoms with van der Waals surface area (Å²) < 4.78 is 0. The molecule has 100 valence electrons. The van der Waals surface area contributed by atoms with E-state index in [2.05, 4.69) is 30.1 Å². The van der Waals surface area contributed by atoms with E-state index in [1.807, 2.05) is 0 Å². The first-order chi connectivity index (χ1) is 8.70. The number of halogens is 1. The summed E-state index contributed by atoms with van der Waals surface area (Å²) in [5.41, 5.74) is 7.93. The minimum atomic E-state index is 0.650. The molecule has 0 atom stereocenters. The minimum absolute atomic E-state index is 0.650. The topological polar surface area (TPSA) is 29.3 Å². The van der Waals surface area contributed by atoms with E-state index in [-0.39, 0.29) is 0 Å². The summed E-state index contributed by atoms with van der Waals surface area (Å²) in [6, 6.07) is 6.34. The Morgan fingerprint density at radius 1 is 1.33 bits per heavy atom. The van der Waals surface area contributed by atoms with Crippen LogP contribution in [-0.2, 0) is 6.42 Å². The lowest BCUT2D eigenvalue weighted by molar-refractivity contribution is 0.547. The van der Waals surface area contributed by atoms with Crippen molar-refractivity contribution in [2.45, 2.75) is 32.1 Å². The summed E-state index contributed by atoms with van der Waals surface area (Å²) in [7, 11) is 2.16. The van der Waals surface area contributed by atoms with E-state index in [0.717, 1.165) is 29.5 Å². The van der Waals surface area contributed by atoms with Crippen LogP contribution in [0.1, 0.15) is 31.2 Å². The van der Waals surface area contributed by atoms with E-state index >= 15 is 0 Å². The van der Waals surface area contributed by atoms with Crippen LogP contribution in [0.3, 0.4) is 0 Å². The van der Waals surface area contributed by atoms with E-state index in [1.54, 1.807) is 0 Å². The van der Waals surface area contributed by atoms with Crippen molar-refractivity contribution in [1.29, 1.82) is 0 Å². The number of benzene rings is 1. The number of rotatable bonds is 5. The lowest BCUT2D eigenvalue weighted by atomic mass is 10.1. The lowest BCUT2D eigenvalue weighted by Crippen LogP contribution is -2.24. The van der Waals surface area contributed by atoms with Crippen molar-refractivity contribution < 1.29 is 0 Å². The molecule has 18 heavy (non-hydrogen) atoms. The Morgan fingerprint density at radius 3 is 2.67 bits per heavy atom. The molecule has 0 spiro atoms. The smallest absolute Gasteiger partial charge is 0.0459 e. The average molecular weight is 267 g/mol. The van der Waals surface area contributed by atoms with Crippen molar-refractivity contribution in [1.82, 2.24) is 0 Å². The molecule has 0 bridgehead atoms. The maximum atomic E-state index is 6.29. The van der Waals surface area contributed by atoms with Crippen LogP contribution in [-0.4, -0.2) is 20.1 Å². The molecule has 1 aliphatic rings. The van der Waals surface area contributed by atoms with Crippen LogP contribution < -0.4 is 10.6 Å². The predicted octanol–water partition coefficient (Wildman–Crippen LogP) is 3.47. The zero-order valence-electron chi connectivity index (χ0n) is 11.2. The molecule has 0 heterocycles. The molecule has 0 saturated heterocycles. The van der Waals surface area contributed by atoms with Gasteiger partial charge in [-0.1, -0.05) is 30.5 Å². The molecule has 1 fully saturated rings. The highest BCUT2D eigenvalue weighted by atomic mass is 35.5. The highest BCUT2D eigenvalue weighted by molar-refractivity contribution is 6.31. The van der Waals surface area contributed by atoms with E-state index in [9.17, 15) is 0 Å². The van der Waals surface area contributed by atoms with Gasteiger partial charge in [-0.2, -0.15) is 0 Å². The maximum absolute atomic E-state index is 6.29. The van der Waals surface area contributed by atoms with Gasteiger partial charge in [0.05, 0.1) is 0 Å². The third-order valence-corrected chi connectivity index (χ3v) is 4.25. The van der Waals surface area contributed by atoms with Crippen LogP contribution >= 0.6 is 11.6 Å². The molecule has 2 nitrogen and oxygen atoms in total. The molecule has 1 aromatic carbocycles. The first kappa shape index (κ1) is 13.7. The normalized spacial score (nSPS) is 16.2. The fraction of sp³-hybridized carbons (Fsp3) is 0.600. The summed E-state index contributed by atoms with van der Waals surface area (Å²) in [5, 5.41) is 0.844. The Balaban J connectivity index is 2.01. The molecule has 1 saturated carbocycles. The number of hydrogen-bond donors (Lipinski definition) is 1. The highest BCUT2D eigenvalue weighted by Crippen LogP contribution is 2.28. The molecule has 0 aromatic heterocycles. The monoisotopic (exact) mass is 266 g/mol. The van der Waals surface area contributed by atoms with Crippen LogP contribution in [0.25, 0.3) is 0 Å². The quantitative estimate of drug-likeness (QED) is 0.884. The fourth-order valence-electron chi connectivity index (χ4n) is 2.82. The summed E-state index contributed by atoms with van der Waals surface area (Å²) in [6.45, 7) is 1.80. The van der Waals surface area contributed by atoms with Crippen molar-refractivity contribution in [3.05, 3.63) is 28.8 Å². The van der Waals surface area contributed by atoms with Crippen LogP contribution in [0.2, 0.25) is 5.02 Å². The fourth-order valence-corrected chi connectivity index (χ4v) is 3.09. The number of hydrogen-bond acceptors (Lipinski definition) is 2. The van der Waals surface area contributed by atoms with Crippen LogP contribution in [0, 0.1) is 5.92 Å². The highest BCUT2D eigenvalue weighted by Gasteiger charge is 2.17. The molecular weight excluding hydrogens is 244 g/mol. The predicted molar refractivity (Wildman–Crippen MR) is 79.4 cm³/mol. The largest absolute Gasteiger partial charge is 0.374 e. The zero-order chi connectivity index (χ0) is 13.0. The average Bonchev–Trinajstić information content (AvgIpc) is 2.84. The Labute approximate surface area is 115 Å². The Hall–Kier alpha value is -0.730. The van der Waals surface area contributed by atoms with Crippen molar-refractivity contribution >= 4 is 17.3 Å². The zero-order valence-corrected chi connectivity index (χ0v) is 11.9. The molecule has 2 rings (SSSR count). The van der Waals surface area contributed by atoms with Gasteiger partial charge in [-0.25, -0.2) is 0 Å². The molecule has 3 heteroatoms. The van der Waals surface area contributed by atoms with Gasteiger partial charge in [0.2, 0.25) is 0 Å². The second-order valence-corrected chi connectivity index (χ2v) is 5.75. The van der Waals surface area contributed by atoms with Crippen molar-refractivity contribution in [3.8, 4) is 0 Å². The molecule has 1 aromatic rings. The molecule has 0 unspecified atom stereocenters. The molecule has 0 radical (unpaired) electrons. The van der Waals surface area contributed by atoms with Crippen molar-refractivity contribution in [3.63, 3.8) is 0 Å². The Bertz CT molecular complexity index is 386. The van der Waals surface area contributed by atoms with Crippen LogP contribution in [0.15, 0.2) is 18.2 Å². The van der Waals surface area contributed by atoms with Crippen molar-refractivity contribution in [2.24, 2.45) is 11.7 Å². The lowest BCUT2D eigenvalue weighted by Gasteiger charge is -2.23. The van der Waals surface area contributed by atoms with Gasteiger partial charge in [-0.15, -0.1) is 0 Å². The van der Waals surface area contributed by atoms with Crippen LogP contribution in [0.5, 0.6) is 0 Å². The number of anilines is 1. The second-order valence-electron chi connectivity index (χ2n) is 5.35. The van der Waals surface area contributed by atoms with Gasteiger partial charge in [0.15, 0.2) is 0 Å². The molecule has 0 aliphatic heterocycles. The SMILES string of the molecule is CN(CC1CCCC1)c1ccc(CCN)c(Cl)c1. The van der Waals surface area contributed by atoms with Gasteiger partial charge in [0.1, 0.15) is 0 Å². The standard InChI is InChI=1S/C15H23ClN2/c1-18(11-12-4-2-3-5-12)14-7-6-13(8-9-17)15(16)10-14/h6-7,10,12H,2-5,8-9,11,17H2,1H3. The van der Waals surface area contributed by atoms with Gasteiger partial charge in [0.25, 0.3) is 0 Å². The number of nitrogens with zero attached hydrogens (tertiary/aromatic N) is 1. The van der Waals surface area contributed by atoms with E-state index in [0.29, 0.717) is 6.54 Å². The molecule has 1 aliphatic carbocycles. The molecule has 0 amide bonds. The van der Waals surface area contributed by atoms with E-state index in [4.69, 9.17) is 17.3 Å². The summed E-state index contributed by atoms with van der Waals surface area (Å²) in [5.74, 6) is 0.859. The third kappa shape index (κ3) is 3.39. The molecular formula is C15H23ClN2. The van der Waals surface area contributed by atoms with Gasteiger partial charge in [-0.05, 0) is 49.4 Å². The number of nitrogens with two attached hydrogens (primary N) is 1. The van der Waals surface area contributed by atoms with Gasteiger partial charge in [0, 0.05) is 24.3 Å². The van der Waals surface area contributed by atoms with Gasteiger partial charge in [-0.3, -0.25) is 0 Å². The van der Waals surface area contributed by atoms with Gasteiger partial charge < -0.3 is 10.6 Å². The maximum Gasteiger partial charge on any atom is 0.0459 e. The van der Waals surface area contributed by atoms with Crippen LogP contribution in [0.4, 0.5) is 5.69 Å². The minimum Gasteiger partial charge on any atom is -0.374 e. The van der Waals surface area contributed by atoms with Gasteiger partial charge >= 0.3 is 0 Å². The second kappa shape index (κ2) is 6.44. The van der Waals surface area contributed by atoms with E-state index < -0.39 is 0 Å².